The van der Waals surface area contributed by atoms with Crippen molar-refractivity contribution < 1.29 is 9.59 Å². The monoisotopic (exact) mass is 303 g/mol. The van der Waals surface area contributed by atoms with Crippen molar-refractivity contribution in [2.75, 3.05) is 25.0 Å². The Balaban J connectivity index is 1.47. The molecule has 7 nitrogen and oxygen atoms in total. The first-order chi connectivity index (χ1) is 10.7. The van der Waals surface area contributed by atoms with Gasteiger partial charge in [0.1, 0.15) is 6.04 Å². The summed E-state index contributed by atoms with van der Waals surface area (Å²) in [5.74, 6) is -0.165. The highest BCUT2D eigenvalue weighted by atomic mass is 16.2. The lowest BCUT2D eigenvalue weighted by molar-refractivity contribution is -0.126. The van der Waals surface area contributed by atoms with Crippen LogP contribution in [0.25, 0.3) is 0 Å². The van der Waals surface area contributed by atoms with Crippen LogP contribution in [-0.2, 0) is 9.59 Å². The van der Waals surface area contributed by atoms with Crippen molar-refractivity contribution in [3.8, 4) is 0 Å². The van der Waals surface area contributed by atoms with Crippen LogP contribution in [0, 0.1) is 5.92 Å². The number of amides is 2. The first-order valence-electron chi connectivity index (χ1n) is 7.58. The zero-order chi connectivity index (χ0) is 15.4. The van der Waals surface area contributed by atoms with Gasteiger partial charge in [-0.2, -0.15) is 0 Å². The van der Waals surface area contributed by atoms with Gasteiger partial charge in [0.2, 0.25) is 11.8 Å². The molecule has 3 unspecified atom stereocenters. The molecule has 2 aliphatic rings. The summed E-state index contributed by atoms with van der Waals surface area (Å²) in [5, 5.41) is 8.74. The van der Waals surface area contributed by atoms with Crippen LogP contribution in [0.3, 0.4) is 0 Å². The quantitative estimate of drug-likeness (QED) is 0.502. The van der Waals surface area contributed by atoms with E-state index in [1.807, 2.05) is 18.2 Å². The van der Waals surface area contributed by atoms with Gasteiger partial charge >= 0.3 is 0 Å². The predicted octanol–water partition coefficient (Wildman–Crippen LogP) is -0.804. The number of hydrogen-bond acceptors (Lipinski definition) is 5. The van der Waals surface area contributed by atoms with Crippen molar-refractivity contribution in [3.05, 3.63) is 30.3 Å². The standard InChI is InChI=1S/C15H21N5O2/c21-13(18-10-4-2-1-3-5-10)9-17-15(22)14-11-8-16-7-6-12(11)19-20-14/h1-5,11-12,14,16,19-20H,6-9H2,(H,17,22)(H,18,21). The molecule has 0 saturated carbocycles. The highest BCUT2D eigenvalue weighted by Crippen LogP contribution is 2.19. The van der Waals surface area contributed by atoms with E-state index < -0.39 is 0 Å². The lowest BCUT2D eigenvalue weighted by Crippen LogP contribution is -2.50. The first kappa shape index (κ1) is 15.0. The Morgan fingerprint density at radius 3 is 2.82 bits per heavy atom. The van der Waals surface area contributed by atoms with Gasteiger partial charge in [0.05, 0.1) is 6.54 Å². The summed E-state index contributed by atoms with van der Waals surface area (Å²) < 4.78 is 0. The summed E-state index contributed by atoms with van der Waals surface area (Å²) >= 11 is 0. The Kier molecular flexibility index (Phi) is 4.67. The molecule has 118 valence electrons. The number of rotatable bonds is 4. The number of nitrogens with one attached hydrogen (secondary N) is 5. The SMILES string of the molecule is O=C(CNC(=O)C1NNC2CCNCC21)Nc1ccccc1. The van der Waals surface area contributed by atoms with E-state index in [0.717, 1.165) is 25.2 Å². The van der Waals surface area contributed by atoms with E-state index in [2.05, 4.69) is 26.8 Å². The van der Waals surface area contributed by atoms with Crippen LogP contribution in [-0.4, -0.2) is 43.5 Å². The summed E-state index contributed by atoms with van der Waals surface area (Å²) in [6.45, 7) is 1.74. The molecule has 0 aliphatic carbocycles. The van der Waals surface area contributed by atoms with Crippen LogP contribution in [0.2, 0.25) is 0 Å². The molecule has 2 aliphatic heterocycles. The maximum atomic E-state index is 12.2. The van der Waals surface area contributed by atoms with E-state index in [0.29, 0.717) is 6.04 Å². The van der Waals surface area contributed by atoms with Gasteiger partial charge in [-0.15, -0.1) is 0 Å². The second-order valence-corrected chi connectivity index (χ2v) is 5.66. The zero-order valence-corrected chi connectivity index (χ0v) is 12.3. The number of piperidine rings is 1. The second-order valence-electron chi connectivity index (χ2n) is 5.66. The molecule has 2 saturated heterocycles. The Hall–Kier alpha value is -1.96. The van der Waals surface area contributed by atoms with Gasteiger partial charge in [-0.05, 0) is 25.1 Å². The minimum Gasteiger partial charge on any atom is -0.346 e. The van der Waals surface area contributed by atoms with E-state index in [1.54, 1.807) is 12.1 Å². The molecule has 2 heterocycles. The minimum absolute atomic E-state index is 0.0310. The van der Waals surface area contributed by atoms with Crippen molar-refractivity contribution in [1.82, 2.24) is 21.5 Å². The summed E-state index contributed by atoms with van der Waals surface area (Å²) in [6, 6.07) is 9.19. The van der Waals surface area contributed by atoms with Crippen LogP contribution < -0.4 is 26.8 Å². The number of para-hydroxylation sites is 1. The molecule has 22 heavy (non-hydrogen) atoms. The van der Waals surface area contributed by atoms with Gasteiger partial charge in [0, 0.05) is 24.2 Å². The van der Waals surface area contributed by atoms with Gasteiger partial charge in [0.25, 0.3) is 0 Å². The molecule has 0 bridgehead atoms. The molecule has 0 aromatic heterocycles. The average molecular weight is 303 g/mol. The number of fused-ring (bicyclic) bond motifs is 1. The molecule has 3 rings (SSSR count). The third kappa shape index (κ3) is 3.44. The lowest BCUT2D eigenvalue weighted by Gasteiger charge is -2.27. The number of anilines is 1. The van der Waals surface area contributed by atoms with Crippen molar-refractivity contribution >= 4 is 17.5 Å². The number of hydrazine groups is 1. The minimum atomic E-state index is -0.303. The normalized spacial score (nSPS) is 27.0. The summed E-state index contributed by atoms with van der Waals surface area (Å²) in [7, 11) is 0. The average Bonchev–Trinajstić information content (AvgIpc) is 2.98. The van der Waals surface area contributed by atoms with Crippen LogP contribution in [0.5, 0.6) is 0 Å². The topological polar surface area (TPSA) is 94.3 Å². The molecule has 0 spiro atoms. The zero-order valence-electron chi connectivity index (χ0n) is 12.3. The van der Waals surface area contributed by atoms with Crippen molar-refractivity contribution in [2.24, 2.45) is 5.92 Å². The Morgan fingerprint density at radius 1 is 1.18 bits per heavy atom. The maximum absolute atomic E-state index is 12.2. The number of benzene rings is 1. The fourth-order valence-electron chi connectivity index (χ4n) is 2.98. The van der Waals surface area contributed by atoms with Crippen molar-refractivity contribution in [1.29, 1.82) is 0 Å². The fourth-order valence-corrected chi connectivity index (χ4v) is 2.98. The van der Waals surface area contributed by atoms with E-state index >= 15 is 0 Å². The molecule has 7 heteroatoms. The number of carbonyl (C=O) groups excluding carboxylic acids is 2. The summed E-state index contributed by atoms with van der Waals surface area (Å²) in [6.07, 6.45) is 0.996. The largest absolute Gasteiger partial charge is 0.346 e. The Morgan fingerprint density at radius 2 is 2.00 bits per heavy atom. The molecule has 2 amide bonds. The van der Waals surface area contributed by atoms with Crippen LogP contribution in [0.15, 0.2) is 30.3 Å². The van der Waals surface area contributed by atoms with E-state index in [9.17, 15) is 9.59 Å². The molecular formula is C15H21N5O2. The summed E-state index contributed by atoms with van der Waals surface area (Å²) in [5.41, 5.74) is 6.92. The van der Waals surface area contributed by atoms with Crippen LogP contribution in [0.1, 0.15) is 6.42 Å². The molecule has 3 atom stereocenters. The molecule has 1 aromatic carbocycles. The highest BCUT2D eigenvalue weighted by Gasteiger charge is 2.40. The fraction of sp³-hybridized carbons (Fsp3) is 0.467. The number of hydrogen-bond donors (Lipinski definition) is 5. The van der Waals surface area contributed by atoms with E-state index in [4.69, 9.17) is 0 Å². The molecular weight excluding hydrogens is 282 g/mol. The Bertz CT molecular complexity index is 536. The van der Waals surface area contributed by atoms with E-state index in [1.165, 1.54) is 0 Å². The van der Waals surface area contributed by atoms with Gasteiger partial charge < -0.3 is 16.0 Å². The third-order valence-corrected chi connectivity index (χ3v) is 4.14. The van der Waals surface area contributed by atoms with Crippen molar-refractivity contribution in [2.45, 2.75) is 18.5 Å². The molecule has 5 N–H and O–H groups in total. The molecule has 1 aromatic rings. The number of carbonyl (C=O) groups is 2. The third-order valence-electron chi connectivity index (χ3n) is 4.14. The van der Waals surface area contributed by atoms with E-state index in [-0.39, 0.29) is 30.3 Å². The first-order valence-corrected chi connectivity index (χ1v) is 7.58. The van der Waals surface area contributed by atoms with Crippen molar-refractivity contribution in [3.63, 3.8) is 0 Å². The van der Waals surface area contributed by atoms with Crippen LogP contribution >= 0.6 is 0 Å². The Labute approximate surface area is 129 Å². The summed E-state index contributed by atoms with van der Waals surface area (Å²) in [4.78, 5) is 24.1. The highest BCUT2D eigenvalue weighted by molar-refractivity contribution is 5.95. The van der Waals surface area contributed by atoms with Gasteiger partial charge in [0.15, 0.2) is 0 Å². The second kappa shape index (κ2) is 6.87. The van der Waals surface area contributed by atoms with Gasteiger partial charge in [-0.1, -0.05) is 18.2 Å². The van der Waals surface area contributed by atoms with Crippen LogP contribution in [0.4, 0.5) is 5.69 Å². The molecule has 0 radical (unpaired) electrons. The predicted molar refractivity (Wildman–Crippen MR) is 82.9 cm³/mol. The lowest BCUT2D eigenvalue weighted by atomic mass is 9.89. The smallest absolute Gasteiger partial charge is 0.243 e. The van der Waals surface area contributed by atoms with Gasteiger partial charge in [-0.25, -0.2) is 5.43 Å². The van der Waals surface area contributed by atoms with Gasteiger partial charge in [-0.3, -0.25) is 15.0 Å². The molecule has 2 fully saturated rings. The maximum Gasteiger partial charge on any atom is 0.243 e.